The van der Waals surface area contributed by atoms with Gasteiger partial charge in [-0.15, -0.1) is 11.6 Å². The highest BCUT2D eigenvalue weighted by molar-refractivity contribution is 6.18. The van der Waals surface area contributed by atoms with Crippen LogP contribution in [0.3, 0.4) is 0 Å². The molecule has 0 fully saturated rings. The number of urea groups is 1. The normalized spacial score (nSPS) is 12.9. The first kappa shape index (κ1) is 13.8. The molecule has 1 aliphatic heterocycles. The summed E-state index contributed by atoms with van der Waals surface area (Å²) in [4.78, 5) is 11.3. The van der Waals surface area contributed by atoms with Gasteiger partial charge in [-0.2, -0.15) is 0 Å². The highest BCUT2D eigenvalue weighted by atomic mass is 35.5. The van der Waals surface area contributed by atoms with Gasteiger partial charge in [0.2, 0.25) is 0 Å². The van der Waals surface area contributed by atoms with Gasteiger partial charge in [0.1, 0.15) is 13.2 Å². The Bertz CT molecular complexity index is 440. The Morgan fingerprint density at radius 2 is 1.89 bits per heavy atom. The fraction of sp³-hybridized carbons (Fsp3) is 0.462. The number of nitrogens with one attached hydrogen (secondary N) is 2. The largest absolute Gasteiger partial charge is 0.486 e. The Labute approximate surface area is 117 Å². The van der Waals surface area contributed by atoms with Crippen molar-refractivity contribution in [3.05, 3.63) is 23.8 Å². The summed E-state index contributed by atoms with van der Waals surface area (Å²) in [5, 5.41) is 5.41. The van der Waals surface area contributed by atoms with Gasteiger partial charge in [0.15, 0.2) is 11.5 Å². The molecule has 0 saturated carbocycles. The number of halogens is 1. The van der Waals surface area contributed by atoms with Crippen LogP contribution in [-0.2, 0) is 6.42 Å². The molecule has 0 radical (unpaired) electrons. The van der Waals surface area contributed by atoms with Gasteiger partial charge in [-0.05, 0) is 24.1 Å². The van der Waals surface area contributed by atoms with Crippen LogP contribution in [0.5, 0.6) is 11.5 Å². The molecule has 0 bridgehead atoms. The smallest absolute Gasteiger partial charge is 0.314 e. The number of fused-ring (bicyclic) bond motifs is 1. The minimum absolute atomic E-state index is 0.196. The maximum absolute atomic E-state index is 11.3. The quantitative estimate of drug-likeness (QED) is 0.807. The molecule has 0 unspecified atom stereocenters. The van der Waals surface area contributed by atoms with Gasteiger partial charge in [0.05, 0.1) is 0 Å². The second kappa shape index (κ2) is 7.09. The third-order valence-corrected chi connectivity index (χ3v) is 2.87. The average Bonchev–Trinajstić information content (AvgIpc) is 2.45. The first-order valence-corrected chi connectivity index (χ1v) is 6.79. The van der Waals surface area contributed by atoms with Crippen molar-refractivity contribution in [2.24, 2.45) is 0 Å². The van der Waals surface area contributed by atoms with E-state index in [1.165, 1.54) is 0 Å². The van der Waals surface area contributed by atoms with Crippen LogP contribution in [0.4, 0.5) is 4.79 Å². The summed E-state index contributed by atoms with van der Waals surface area (Å²) in [6, 6.07) is 5.63. The molecule has 104 valence electrons. The molecule has 0 aliphatic carbocycles. The molecule has 2 rings (SSSR count). The molecule has 0 atom stereocenters. The molecule has 2 N–H and O–H groups in total. The van der Waals surface area contributed by atoms with Crippen LogP contribution in [0.15, 0.2) is 18.2 Å². The summed E-state index contributed by atoms with van der Waals surface area (Å²) >= 11 is 5.47. The van der Waals surface area contributed by atoms with Crippen LogP contribution >= 0.6 is 11.6 Å². The second-order valence-electron chi connectivity index (χ2n) is 4.10. The molecule has 0 aromatic heterocycles. The maximum atomic E-state index is 11.3. The molecule has 1 aliphatic rings. The SMILES string of the molecule is O=C(NCCCl)NCCc1ccc2c(c1)OCCO2. The predicted molar refractivity (Wildman–Crippen MR) is 73.3 cm³/mol. The molecule has 1 heterocycles. The highest BCUT2D eigenvalue weighted by Crippen LogP contribution is 2.30. The van der Waals surface area contributed by atoms with E-state index in [9.17, 15) is 4.79 Å². The summed E-state index contributed by atoms with van der Waals surface area (Å²) in [6.07, 6.45) is 0.741. The molecule has 1 aromatic rings. The molecule has 0 saturated heterocycles. The van der Waals surface area contributed by atoms with Crippen molar-refractivity contribution in [3.63, 3.8) is 0 Å². The summed E-state index contributed by atoms with van der Waals surface area (Å²) in [7, 11) is 0. The van der Waals surface area contributed by atoms with Crippen LogP contribution in [0.2, 0.25) is 0 Å². The summed E-state index contributed by atoms with van der Waals surface area (Å²) in [5.74, 6) is 1.97. The molecule has 0 spiro atoms. The lowest BCUT2D eigenvalue weighted by atomic mass is 10.1. The van der Waals surface area contributed by atoms with Gasteiger partial charge in [-0.3, -0.25) is 0 Å². The zero-order valence-corrected chi connectivity index (χ0v) is 11.3. The molecule has 5 nitrogen and oxygen atoms in total. The third kappa shape index (κ3) is 4.21. The molecule has 19 heavy (non-hydrogen) atoms. The molecule has 2 amide bonds. The van der Waals surface area contributed by atoms with E-state index in [0.29, 0.717) is 32.2 Å². The van der Waals surface area contributed by atoms with E-state index >= 15 is 0 Å². The van der Waals surface area contributed by atoms with E-state index in [2.05, 4.69) is 10.6 Å². The van der Waals surface area contributed by atoms with Crippen LogP contribution in [0.25, 0.3) is 0 Å². The molecule has 6 heteroatoms. The fourth-order valence-electron chi connectivity index (χ4n) is 1.79. The second-order valence-corrected chi connectivity index (χ2v) is 4.48. The van der Waals surface area contributed by atoms with Crippen molar-refractivity contribution in [1.82, 2.24) is 10.6 Å². The Balaban J connectivity index is 1.78. The molecular formula is C13H17ClN2O3. The lowest BCUT2D eigenvalue weighted by Gasteiger charge is -2.18. The summed E-state index contributed by atoms with van der Waals surface area (Å²) in [5.41, 5.74) is 1.10. The molecular weight excluding hydrogens is 268 g/mol. The van der Waals surface area contributed by atoms with Gasteiger partial charge < -0.3 is 20.1 Å². The first-order valence-electron chi connectivity index (χ1n) is 6.26. The van der Waals surface area contributed by atoms with Gasteiger partial charge in [0.25, 0.3) is 0 Å². The summed E-state index contributed by atoms with van der Waals surface area (Å²) in [6.45, 7) is 2.20. The number of hydrogen-bond donors (Lipinski definition) is 2. The minimum atomic E-state index is -0.196. The Kier molecular flexibility index (Phi) is 5.15. The number of ether oxygens (including phenoxy) is 2. The van der Waals surface area contributed by atoms with E-state index in [-0.39, 0.29) is 6.03 Å². The predicted octanol–water partition coefficient (Wildman–Crippen LogP) is 1.54. The fourth-order valence-corrected chi connectivity index (χ4v) is 1.88. The van der Waals surface area contributed by atoms with Crippen molar-refractivity contribution >= 4 is 17.6 Å². The Morgan fingerprint density at radius 1 is 1.16 bits per heavy atom. The average molecular weight is 285 g/mol. The maximum Gasteiger partial charge on any atom is 0.314 e. The monoisotopic (exact) mass is 284 g/mol. The number of amides is 2. The van der Waals surface area contributed by atoms with Crippen LogP contribution < -0.4 is 20.1 Å². The van der Waals surface area contributed by atoms with Gasteiger partial charge >= 0.3 is 6.03 Å². The van der Waals surface area contributed by atoms with Crippen molar-refractivity contribution in [3.8, 4) is 11.5 Å². The number of carbonyl (C=O) groups is 1. The van der Waals surface area contributed by atoms with Gasteiger partial charge in [-0.25, -0.2) is 4.79 Å². The zero-order valence-electron chi connectivity index (χ0n) is 10.6. The lowest BCUT2D eigenvalue weighted by Crippen LogP contribution is -2.37. The number of benzene rings is 1. The van der Waals surface area contributed by atoms with Gasteiger partial charge in [-0.1, -0.05) is 6.07 Å². The third-order valence-electron chi connectivity index (χ3n) is 2.69. The zero-order chi connectivity index (χ0) is 13.5. The van der Waals surface area contributed by atoms with E-state index in [1.807, 2.05) is 18.2 Å². The van der Waals surface area contributed by atoms with Crippen molar-refractivity contribution < 1.29 is 14.3 Å². The van der Waals surface area contributed by atoms with Crippen molar-refractivity contribution in [2.75, 3.05) is 32.2 Å². The van der Waals surface area contributed by atoms with E-state index in [1.54, 1.807) is 0 Å². The lowest BCUT2D eigenvalue weighted by molar-refractivity contribution is 0.171. The first-order chi connectivity index (χ1) is 9.29. The van der Waals surface area contributed by atoms with Crippen molar-refractivity contribution in [1.29, 1.82) is 0 Å². The number of carbonyl (C=O) groups excluding carboxylic acids is 1. The number of alkyl halides is 1. The standard InChI is InChI=1S/C13H17ClN2O3/c14-4-6-16-13(17)15-5-3-10-1-2-11-12(9-10)19-8-7-18-11/h1-2,9H,3-8H2,(H2,15,16,17). The number of rotatable bonds is 5. The van der Waals surface area contributed by atoms with Crippen LogP contribution in [-0.4, -0.2) is 38.2 Å². The minimum Gasteiger partial charge on any atom is -0.486 e. The van der Waals surface area contributed by atoms with Crippen molar-refractivity contribution in [2.45, 2.75) is 6.42 Å². The van der Waals surface area contributed by atoms with Gasteiger partial charge in [0, 0.05) is 19.0 Å². The molecule has 1 aromatic carbocycles. The van der Waals surface area contributed by atoms with E-state index in [0.717, 1.165) is 23.5 Å². The Morgan fingerprint density at radius 3 is 2.68 bits per heavy atom. The topological polar surface area (TPSA) is 59.6 Å². The highest BCUT2D eigenvalue weighted by Gasteiger charge is 2.11. The van der Waals surface area contributed by atoms with Crippen LogP contribution in [0.1, 0.15) is 5.56 Å². The van der Waals surface area contributed by atoms with Crippen LogP contribution in [0, 0.1) is 0 Å². The number of hydrogen-bond acceptors (Lipinski definition) is 3. The Hall–Kier alpha value is -1.62. The van der Waals surface area contributed by atoms with E-state index < -0.39 is 0 Å². The van der Waals surface area contributed by atoms with E-state index in [4.69, 9.17) is 21.1 Å². The summed E-state index contributed by atoms with van der Waals surface area (Å²) < 4.78 is 11.0.